The van der Waals surface area contributed by atoms with E-state index in [0.29, 0.717) is 17.1 Å². The third-order valence-corrected chi connectivity index (χ3v) is 3.82. The Morgan fingerprint density at radius 3 is 2.80 bits per heavy atom. The van der Waals surface area contributed by atoms with Crippen molar-refractivity contribution in [2.75, 3.05) is 25.1 Å². The van der Waals surface area contributed by atoms with Crippen LogP contribution in [0.2, 0.25) is 5.02 Å². The summed E-state index contributed by atoms with van der Waals surface area (Å²) in [5, 5.41) is 15.9. The average Bonchev–Trinajstić information content (AvgIpc) is 2.45. The number of aliphatic hydroxyl groups excluding tert-OH is 1. The van der Waals surface area contributed by atoms with Crippen LogP contribution >= 0.6 is 23.4 Å². The van der Waals surface area contributed by atoms with Crippen LogP contribution in [0.15, 0.2) is 24.3 Å². The van der Waals surface area contributed by atoms with Crippen molar-refractivity contribution in [1.82, 2.24) is 10.6 Å². The van der Waals surface area contributed by atoms with E-state index in [9.17, 15) is 9.90 Å². The number of benzene rings is 1. The maximum atomic E-state index is 11.5. The van der Waals surface area contributed by atoms with Gasteiger partial charge in [-0.2, -0.15) is 11.8 Å². The van der Waals surface area contributed by atoms with Crippen LogP contribution < -0.4 is 10.6 Å². The molecule has 1 atom stereocenters. The van der Waals surface area contributed by atoms with Crippen LogP contribution in [0, 0.1) is 0 Å². The zero-order valence-electron chi connectivity index (χ0n) is 11.6. The Morgan fingerprint density at radius 1 is 1.35 bits per heavy atom. The summed E-state index contributed by atoms with van der Waals surface area (Å²) in [6.07, 6.45) is 3.31. The number of hydrogen-bond donors (Lipinski definition) is 3. The van der Waals surface area contributed by atoms with Crippen molar-refractivity contribution < 1.29 is 9.90 Å². The smallest absolute Gasteiger partial charge is 0.314 e. The highest BCUT2D eigenvalue weighted by atomic mass is 35.5. The van der Waals surface area contributed by atoms with E-state index in [1.807, 2.05) is 0 Å². The van der Waals surface area contributed by atoms with Gasteiger partial charge < -0.3 is 15.7 Å². The standard InChI is InChI=1S/C14H21ClN2O2S/c1-20-9-5-4-8-16-14(19)17-10-13(18)11-6-2-3-7-12(11)15/h2-3,6-7,13,18H,4-5,8-10H2,1H3,(H2,16,17,19). The van der Waals surface area contributed by atoms with Gasteiger partial charge in [0.2, 0.25) is 0 Å². The van der Waals surface area contributed by atoms with Crippen LogP contribution in [-0.4, -0.2) is 36.2 Å². The van der Waals surface area contributed by atoms with E-state index in [1.165, 1.54) is 0 Å². The Hall–Kier alpha value is -0.910. The van der Waals surface area contributed by atoms with Crippen LogP contribution in [0.25, 0.3) is 0 Å². The van der Waals surface area contributed by atoms with Crippen LogP contribution in [0.1, 0.15) is 24.5 Å². The quantitative estimate of drug-likeness (QED) is 0.646. The third kappa shape index (κ3) is 6.50. The van der Waals surface area contributed by atoms with Gasteiger partial charge in [-0.25, -0.2) is 4.79 Å². The van der Waals surface area contributed by atoms with E-state index >= 15 is 0 Å². The molecule has 1 aromatic carbocycles. The molecule has 0 radical (unpaired) electrons. The molecule has 112 valence electrons. The van der Waals surface area contributed by atoms with Crippen LogP contribution in [-0.2, 0) is 0 Å². The number of rotatable bonds is 8. The predicted molar refractivity (Wildman–Crippen MR) is 85.4 cm³/mol. The summed E-state index contributed by atoms with van der Waals surface area (Å²) >= 11 is 7.78. The van der Waals surface area contributed by atoms with Gasteiger partial charge in [-0.1, -0.05) is 29.8 Å². The zero-order chi connectivity index (χ0) is 14.8. The Morgan fingerprint density at radius 2 is 2.10 bits per heavy atom. The lowest BCUT2D eigenvalue weighted by Gasteiger charge is -2.14. The number of hydrogen-bond acceptors (Lipinski definition) is 3. The molecule has 2 amide bonds. The number of urea groups is 1. The Balaban J connectivity index is 2.22. The molecule has 0 aliphatic heterocycles. The molecular formula is C14H21ClN2O2S. The van der Waals surface area contributed by atoms with Gasteiger partial charge in [-0.05, 0) is 30.9 Å². The number of amides is 2. The van der Waals surface area contributed by atoms with Crippen molar-refractivity contribution in [2.24, 2.45) is 0 Å². The fourth-order valence-corrected chi connectivity index (χ4v) is 2.43. The fourth-order valence-electron chi connectivity index (χ4n) is 1.68. The summed E-state index contributed by atoms with van der Waals surface area (Å²) < 4.78 is 0. The molecular weight excluding hydrogens is 296 g/mol. The summed E-state index contributed by atoms with van der Waals surface area (Å²) in [5.74, 6) is 1.11. The summed E-state index contributed by atoms with van der Waals surface area (Å²) in [5.41, 5.74) is 0.620. The van der Waals surface area contributed by atoms with Gasteiger partial charge >= 0.3 is 6.03 Å². The number of carbonyl (C=O) groups excluding carboxylic acids is 1. The highest BCUT2D eigenvalue weighted by molar-refractivity contribution is 7.98. The van der Waals surface area contributed by atoms with Gasteiger partial charge in [-0.15, -0.1) is 0 Å². The van der Waals surface area contributed by atoms with E-state index in [0.717, 1.165) is 18.6 Å². The van der Waals surface area contributed by atoms with Crippen molar-refractivity contribution in [3.8, 4) is 0 Å². The van der Waals surface area contributed by atoms with Gasteiger partial charge in [0.15, 0.2) is 0 Å². The second-order valence-electron chi connectivity index (χ2n) is 4.37. The number of thioether (sulfide) groups is 1. The first-order valence-electron chi connectivity index (χ1n) is 6.58. The SMILES string of the molecule is CSCCCCNC(=O)NCC(O)c1ccccc1Cl. The molecule has 20 heavy (non-hydrogen) atoms. The van der Waals surface area contributed by atoms with Crippen LogP contribution in [0.3, 0.4) is 0 Å². The fraction of sp³-hybridized carbons (Fsp3) is 0.500. The minimum absolute atomic E-state index is 0.139. The van der Waals surface area contributed by atoms with E-state index < -0.39 is 6.10 Å². The zero-order valence-corrected chi connectivity index (χ0v) is 13.1. The summed E-state index contributed by atoms with van der Waals surface area (Å²) in [7, 11) is 0. The van der Waals surface area contributed by atoms with Crippen molar-refractivity contribution in [2.45, 2.75) is 18.9 Å². The van der Waals surface area contributed by atoms with E-state index in [4.69, 9.17) is 11.6 Å². The first kappa shape index (κ1) is 17.1. The number of halogens is 1. The molecule has 1 unspecified atom stereocenters. The predicted octanol–water partition coefficient (Wildman–Crippen LogP) is 2.82. The van der Waals surface area contributed by atoms with Crippen molar-refractivity contribution in [1.29, 1.82) is 0 Å². The molecule has 1 aromatic rings. The minimum atomic E-state index is -0.800. The Labute approximate surface area is 129 Å². The molecule has 0 saturated heterocycles. The molecule has 0 fully saturated rings. The maximum absolute atomic E-state index is 11.5. The first-order valence-corrected chi connectivity index (χ1v) is 8.35. The lowest BCUT2D eigenvalue weighted by molar-refractivity contribution is 0.173. The Bertz CT molecular complexity index is 418. The second kappa shape index (κ2) is 9.91. The first-order chi connectivity index (χ1) is 9.65. The molecule has 6 heteroatoms. The maximum Gasteiger partial charge on any atom is 0.314 e. The van der Waals surface area contributed by atoms with Crippen molar-refractivity contribution in [3.05, 3.63) is 34.9 Å². The molecule has 0 heterocycles. The minimum Gasteiger partial charge on any atom is -0.387 e. The average molecular weight is 317 g/mol. The number of unbranched alkanes of at least 4 members (excludes halogenated alkanes) is 1. The van der Waals surface area contributed by atoms with Crippen molar-refractivity contribution >= 4 is 29.4 Å². The van der Waals surface area contributed by atoms with Gasteiger partial charge in [0.25, 0.3) is 0 Å². The molecule has 0 bridgehead atoms. The van der Waals surface area contributed by atoms with Crippen LogP contribution in [0.5, 0.6) is 0 Å². The molecule has 3 N–H and O–H groups in total. The van der Waals surface area contributed by atoms with E-state index in [1.54, 1.807) is 36.0 Å². The third-order valence-electron chi connectivity index (χ3n) is 2.78. The molecule has 1 rings (SSSR count). The molecule has 0 aromatic heterocycles. The largest absolute Gasteiger partial charge is 0.387 e. The highest BCUT2D eigenvalue weighted by Gasteiger charge is 2.11. The van der Waals surface area contributed by atoms with Gasteiger partial charge in [0.1, 0.15) is 0 Å². The Kier molecular flexibility index (Phi) is 8.49. The number of carbonyl (C=O) groups is 1. The molecule has 0 aliphatic carbocycles. The topological polar surface area (TPSA) is 61.4 Å². The van der Waals surface area contributed by atoms with Crippen LogP contribution in [0.4, 0.5) is 4.79 Å². The highest BCUT2D eigenvalue weighted by Crippen LogP contribution is 2.21. The molecule has 4 nitrogen and oxygen atoms in total. The second-order valence-corrected chi connectivity index (χ2v) is 5.77. The summed E-state index contributed by atoms with van der Waals surface area (Å²) in [6, 6.07) is 6.80. The summed E-state index contributed by atoms with van der Waals surface area (Å²) in [4.78, 5) is 11.5. The lowest BCUT2D eigenvalue weighted by Crippen LogP contribution is -2.38. The summed E-state index contributed by atoms with van der Waals surface area (Å²) in [6.45, 7) is 0.787. The molecule has 0 saturated carbocycles. The molecule has 0 aliphatic rings. The lowest BCUT2D eigenvalue weighted by atomic mass is 10.1. The van der Waals surface area contributed by atoms with Gasteiger partial charge in [0.05, 0.1) is 6.10 Å². The van der Waals surface area contributed by atoms with E-state index in [-0.39, 0.29) is 12.6 Å². The van der Waals surface area contributed by atoms with E-state index in [2.05, 4.69) is 16.9 Å². The molecule has 0 spiro atoms. The monoisotopic (exact) mass is 316 g/mol. The normalized spacial score (nSPS) is 11.9. The van der Waals surface area contributed by atoms with Crippen molar-refractivity contribution in [3.63, 3.8) is 0 Å². The number of nitrogens with one attached hydrogen (secondary N) is 2. The van der Waals surface area contributed by atoms with Gasteiger partial charge in [0, 0.05) is 23.7 Å². The number of aliphatic hydroxyl groups is 1. The van der Waals surface area contributed by atoms with Gasteiger partial charge in [-0.3, -0.25) is 0 Å².